The molecule has 0 N–H and O–H groups in total. The Morgan fingerprint density at radius 2 is 1.69 bits per heavy atom. The highest BCUT2D eigenvalue weighted by atomic mass is 19.1. The topological polar surface area (TPSA) is 50.1 Å². The Kier molecular flexibility index (Phi) is 6.81. The molecule has 0 unspecified atom stereocenters. The maximum atomic E-state index is 11.2. The minimum Gasteiger partial charge on any atom is -0.367 e. The van der Waals surface area contributed by atoms with E-state index in [2.05, 4.69) is 40.9 Å². The van der Waals surface area contributed by atoms with Crippen molar-refractivity contribution in [1.29, 1.82) is 5.26 Å². The van der Waals surface area contributed by atoms with Gasteiger partial charge in [-0.25, -0.2) is 4.79 Å². The summed E-state index contributed by atoms with van der Waals surface area (Å²) in [4.78, 5) is 10.8. The fourth-order valence-corrected chi connectivity index (χ4v) is 0.353. The van der Waals surface area contributed by atoms with E-state index in [0.29, 0.717) is 0 Å². The maximum absolute atomic E-state index is 11.2. The second-order valence-electron chi connectivity index (χ2n) is 1.93. The number of halogens is 1. The number of carbonyl (C=O) groups is 1. The number of nitrogens with zero attached hydrogens (tertiary/aromatic N) is 1. The van der Waals surface area contributed by atoms with Crippen LogP contribution in [0.15, 0.2) is 12.2 Å². The molecule has 0 radical (unpaired) electrons. The number of rotatable bonds is 1. The molecule has 0 aromatic carbocycles. The van der Waals surface area contributed by atoms with Crippen molar-refractivity contribution in [2.45, 2.75) is 0 Å². The first-order valence-corrected chi connectivity index (χ1v) is 3.63. The lowest BCUT2D eigenvalue weighted by Crippen LogP contribution is -2.00. The van der Waals surface area contributed by atoms with E-state index in [1.807, 2.05) is 12.0 Å². The van der Waals surface area contributed by atoms with Crippen molar-refractivity contribution in [2.24, 2.45) is 0 Å². The van der Waals surface area contributed by atoms with Gasteiger partial charge in [-0.15, -0.1) is 4.39 Å². The van der Waals surface area contributed by atoms with Gasteiger partial charge in [-0.2, -0.15) is 5.26 Å². The summed E-state index contributed by atoms with van der Waals surface area (Å²) in [5.41, 5.74) is -0.361. The first-order valence-electron chi connectivity index (χ1n) is 3.63. The van der Waals surface area contributed by atoms with E-state index in [0.717, 1.165) is 6.17 Å². The van der Waals surface area contributed by atoms with Crippen molar-refractivity contribution >= 4 is 5.97 Å². The molecule has 0 spiro atoms. The molecule has 0 aromatic heterocycles. The zero-order chi connectivity index (χ0) is 12.2. The monoisotopic (exact) mass is 211 g/mol. The van der Waals surface area contributed by atoms with Crippen molar-refractivity contribution in [3.8, 4) is 53.9 Å². The summed E-state index contributed by atoms with van der Waals surface area (Å²) in [5.74, 6) is 11.6. The van der Waals surface area contributed by atoms with E-state index < -0.39 is 5.97 Å². The van der Waals surface area contributed by atoms with Gasteiger partial charge in [0.15, 0.2) is 0 Å². The normalized spacial score (nSPS) is 5.50. The third kappa shape index (κ3) is 6.39. The Balaban J connectivity index is 4.20. The van der Waals surface area contributed by atoms with Gasteiger partial charge in [0, 0.05) is 35.5 Å². The van der Waals surface area contributed by atoms with Gasteiger partial charge in [-0.05, 0) is 0 Å². The van der Waals surface area contributed by atoms with Gasteiger partial charge in [-0.1, -0.05) is 6.58 Å². The zero-order valence-corrected chi connectivity index (χ0v) is 7.85. The lowest BCUT2D eigenvalue weighted by Gasteiger charge is -1.87. The number of nitriles is 1. The Hall–Kier alpha value is -3.13. The van der Waals surface area contributed by atoms with Gasteiger partial charge in [0.2, 0.25) is 0 Å². The molecule has 0 aliphatic carbocycles. The van der Waals surface area contributed by atoms with Gasteiger partial charge < -0.3 is 4.74 Å². The highest BCUT2D eigenvalue weighted by molar-refractivity contribution is 5.92. The molecule has 74 valence electrons. The van der Waals surface area contributed by atoms with Crippen LogP contribution in [0, 0.1) is 59.1 Å². The fourth-order valence-electron chi connectivity index (χ4n) is 0.353. The molecule has 0 rings (SSSR count). The van der Waals surface area contributed by atoms with Gasteiger partial charge in [0.25, 0.3) is 0 Å². The molecule has 0 bridgehead atoms. The van der Waals surface area contributed by atoms with Crippen LogP contribution in [-0.2, 0) is 9.53 Å². The van der Waals surface area contributed by atoms with Crippen LogP contribution < -0.4 is 0 Å². The Bertz CT molecular complexity index is 580. The Morgan fingerprint density at radius 1 is 1.12 bits per heavy atom. The van der Waals surface area contributed by atoms with E-state index >= 15 is 0 Å². The largest absolute Gasteiger partial charge is 0.367 e. The van der Waals surface area contributed by atoms with E-state index in [9.17, 15) is 9.18 Å². The average Bonchev–Trinajstić information content (AvgIpc) is 2.31. The van der Waals surface area contributed by atoms with Crippen LogP contribution in [-0.4, -0.2) is 5.97 Å². The van der Waals surface area contributed by atoms with Gasteiger partial charge in [0.05, 0.1) is 0 Å². The smallest absolute Gasteiger partial charge is 0.362 e. The van der Waals surface area contributed by atoms with Crippen molar-refractivity contribution in [3.63, 3.8) is 0 Å². The number of ether oxygens (including phenoxy) is 1. The minimum atomic E-state index is -0.939. The van der Waals surface area contributed by atoms with E-state index in [4.69, 9.17) is 5.26 Å². The minimum absolute atomic E-state index is 0.361. The molecule has 4 heteroatoms. The molecule has 0 heterocycles. The highest BCUT2D eigenvalue weighted by Crippen LogP contribution is 1.89. The maximum Gasteiger partial charge on any atom is 0.362 e. The number of hydrogen-bond donors (Lipinski definition) is 0. The predicted molar refractivity (Wildman–Crippen MR) is 53.1 cm³/mol. The number of carbonyl (C=O) groups excluding carboxylic acids is 1. The van der Waals surface area contributed by atoms with Crippen molar-refractivity contribution < 1.29 is 13.9 Å². The molecule has 0 saturated heterocycles. The summed E-state index contributed by atoms with van der Waals surface area (Å²) in [6, 6.07) is 1.49. The Morgan fingerprint density at radius 3 is 2.25 bits per heavy atom. The molecule has 0 fully saturated rings. The summed E-state index contributed by atoms with van der Waals surface area (Å²) in [6.07, 6.45) is 2.99. The average molecular weight is 211 g/mol. The lowest BCUT2D eigenvalue weighted by molar-refractivity contribution is -0.131. The molecule has 16 heavy (non-hydrogen) atoms. The standard InChI is InChI=1S/C12H2FNO2/c1-11(10-14)12(15)16-9-7-5-3-2-4-6-8-13/h1H2. The van der Waals surface area contributed by atoms with Gasteiger partial charge >= 0.3 is 5.97 Å². The lowest BCUT2D eigenvalue weighted by atomic mass is 10.3. The van der Waals surface area contributed by atoms with Crippen molar-refractivity contribution in [2.75, 3.05) is 0 Å². The quantitative estimate of drug-likeness (QED) is 0.275. The molecule has 0 aromatic rings. The first kappa shape index (κ1) is 12.9. The number of esters is 1. The second-order valence-corrected chi connectivity index (χ2v) is 1.93. The first-order chi connectivity index (χ1) is 7.72. The van der Waals surface area contributed by atoms with Gasteiger partial charge in [0.1, 0.15) is 23.9 Å². The second kappa shape index (κ2) is 8.47. The van der Waals surface area contributed by atoms with E-state index in [-0.39, 0.29) is 5.57 Å². The van der Waals surface area contributed by atoms with E-state index in [1.54, 1.807) is 0 Å². The highest BCUT2D eigenvalue weighted by Gasteiger charge is 2.04. The molecule has 3 nitrogen and oxygen atoms in total. The third-order valence-electron chi connectivity index (χ3n) is 0.936. The molecule has 0 amide bonds. The molecule has 0 aliphatic heterocycles. The Labute approximate surface area is 91.9 Å². The molecular formula is C12H2FNO2. The van der Waals surface area contributed by atoms with Gasteiger partial charge in [-0.3, -0.25) is 0 Å². The summed E-state index contributed by atoms with van der Waals surface area (Å²) < 4.78 is 15.5. The van der Waals surface area contributed by atoms with Crippen LogP contribution in [0.1, 0.15) is 0 Å². The van der Waals surface area contributed by atoms with Crippen molar-refractivity contribution in [3.05, 3.63) is 12.2 Å². The number of hydrogen-bond acceptors (Lipinski definition) is 3. The van der Waals surface area contributed by atoms with Crippen LogP contribution >= 0.6 is 0 Å². The van der Waals surface area contributed by atoms with E-state index in [1.165, 1.54) is 6.07 Å². The fraction of sp³-hybridized carbons (Fsp3) is 0. The van der Waals surface area contributed by atoms with Crippen molar-refractivity contribution in [1.82, 2.24) is 0 Å². The summed E-state index contributed by atoms with van der Waals surface area (Å²) in [7, 11) is 0. The molecule has 0 atom stereocenters. The van der Waals surface area contributed by atoms with Crippen LogP contribution in [0.4, 0.5) is 4.39 Å². The SMILES string of the molecule is C=C(C#N)C(=O)OC#CC#CC#CC#CF. The summed E-state index contributed by atoms with van der Waals surface area (Å²) >= 11 is 0. The third-order valence-corrected chi connectivity index (χ3v) is 0.936. The van der Waals surface area contributed by atoms with Crippen LogP contribution in [0.3, 0.4) is 0 Å². The molecule has 0 saturated carbocycles. The van der Waals surface area contributed by atoms with Crippen LogP contribution in [0.5, 0.6) is 0 Å². The summed E-state index contributed by atoms with van der Waals surface area (Å²) in [6.45, 7) is 3.11. The zero-order valence-electron chi connectivity index (χ0n) is 7.85. The van der Waals surface area contributed by atoms with Crippen LogP contribution in [0.2, 0.25) is 0 Å². The molecule has 0 aliphatic rings. The molecular weight excluding hydrogens is 209 g/mol. The predicted octanol–water partition coefficient (Wildman–Crippen LogP) is 0.507. The van der Waals surface area contributed by atoms with Crippen LogP contribution in [0.25, 0.3) is 0 Å². The summed E-state index contributed by atoms with van der Waals surface area (Å²) in [5, 5.41) is 8.24.